The number of aliphatic hydroxyl groups is 1. The number of benzene rings is 3. The normalized spacial score (nSPS) is 17.3. The van der Waals surface area contributed by atoms with Crippen LogP contribution in [0.2, 0.25) is 5.02 Å². The highest BCUT2D eigenvalue weighted by Gasteiger charge is 2.47. The fraction of sp³-hybridized carbons (Fsp3) is 0.143. The zero-order valence-corrected chi connectivity index (χ0v) is 20.0. The molecule has 1 amide bonds. The summed E-state index contributed by atoms with van der Waals surface area (Å²) in [5.74, 6) is -1.09. The van der Waals surface area contributed by atoms with Crippen LogP contribution in [0.3, 0.4) is 0 Å². The highest BCUT2D eigenvalue weighted by molar-refractivity contribution is 6.52. The third-order valence-corrected chi connectivity index (χ3v) is 6.64. The average molecular weight is 487 g/mol. The number of amides is 1. The van der Waals surface area contributed by atoms with Crippen LogP contribution >= 0.6 is 11.6 Å². The van der Waals surface area contributed by atoms with Crippen molar-refractivity contribution in [3.8, 4) is 5.75 Å². The summed E-state index contributed by atoms with van der Waals surface area (Å²) in [6, 6.07) is 18.8. The number of carbonyl (C=O) groups excluding carboxylic acids is 2. The number of ketones is 1. The Morgan fingerprint density at radius 2 is 1.83 bits per heavy atom. The monoisotopic (exact) mass is 486 g/mol. The number of hydrogen-bond acceptors (Lipinski definition) is 4. The highest BCUT2D eigenvalue weighted by atomic mass is 35.5. The standard InChI is InChI=1S/C28H23ClN2O4/c1-3-35-19-12-9-17(10-13-19)26(32)24-25(21-15-30-23-7-5-4-6-20(21)23)31(28(34)27(24)33)18-11-8-16(2)22(29)14-18/h4-15,25,30,32H,3H2,1-2H3/b26-24+. The fourth-order valence-electron chi connectivity index (χ4n) is 4.48. The van der Waals surface area contributed by atoms with Crippen molar-refractivity contribution < 1.29 is 19.4 Å². The van der Waals surface area contributed by atoms with Gasteiger partial charge in [-0.1, -0.05) is 35.9 Å². The van der Waals surface area contributed by atoms with E-state index in [1.54, 1.807) is 48.7 Å². The van der Waals surface area contributed by atoms with E-state index >= 15 is 0 Å². The Balaban J connectivity index is 1.73. The van der Waals surface area contributed by atoms with E-state index < -0.39 is 17.7 Å². The second kappa shape index (κ2) is 8.96. The van der Waals surface area contributed by atoms with Crippen LogP contribution in [0.25, 0.3) is 16.7 Å². The highest BCUT2D eigenvalue weighted by Crippen LogP contribution is 2.44. The molecule has 0 spiro atoms. The van der Waals surface area contributed by atoms with Crippen LogP contribution in [-0.4, -0.2) is 28.4 Å². The largest absolute Gasteiger partial charge is 0.507 e. The number of carbonyl (C=O) groups is 2. The van der Waals surface area contributed by atoms with Gasteiger partial charge in [0.1, 0.15) is 11.5 Å². The number of Topliss-reactive ketones (excluding diaryl/α,β-unsaturated/α-hetero) is 1. The number of nitrogens with zero attached hydrogens (tertiary/aromatic N) is 1. The first-order valence-corrected chi connectivity index (χ1v) is 11.6. The Hall–Kier alpha value is -4.03. The molecule has 5 rings (SSSR count). The molecule has 0 saturated carbocycles. The Morgan fingerprint density at radius 1 is 1.09 bits per heavy atom. The van der Waals surface area contributed by atoms with Crippen LogP contribution < -0.4 is 9.64 Å². The molecule has 2 N–H and O–H groups in total. The van der Waals surface area contributed by atoms with Gasteiger partial charge in [0.15, 0.2) is 0 Å². The summed E-state index contributed by atoms with van der Waals surface area (Å²) >= 11 is 6.38. The number of halogens is 1. The lowest BCUT2D eigenvalue weighted by Crippen LogP contribution is -2.29. The van der Waals surface area contributed by atoms with Crippen LogP contribution in [0.1, 0.15) is 29.7 Å². The third kappa shape index (κ3) is 3.86. The van der Waals surface area contributed by atoms with Crippen molar-refractivity contribution in [2.45, 2.75) is 19.9 Å². The first-order valence-electron chi connectivity index (χ1n) is 11.3. The van der Waals surface area contributed by atoms with E-state index in [0.717, 1.165) is 16.5 Å². The quantitative estimate of drug-likeness (QED) is 0.201. The number of para-hydroxylation sites is 1. The molecule has 1 aliphatic rings. The maximum absolute atomic E-state index is 13.4. The molecule has 4 aromatic rings. The molecule has 1 aliphatic heterocycles. The summed E-state index contributed by atoms with van der Waals surface area (Å²) in [5.41, 5.74) is 3.31. The van der Waals surface area contributed by atoms with Gasteiger partial charge in [0.25, 0.3) is 11.7 Å². The third-order valence-electron chi connectivity index (χ3n) is 6.23. The van der Waals surface area contributed by atoms with Crippen molar-refractivity contribution in [2.75, 3.05) is 11.5 Å². The molecule has 3 aromatic carbocycles. The number of hydrogen-bond donors (Lipinski definition) is 2. The van der Waals surface area contributed by atoms with Crippen molar-refractivity contribution in [3.05, 3.63) is 100 Å². The number of rotatable bonds is 5. The van der Waals surface area contributed by atoms with Gasteiger partial charge in [-0.15, -0.1) is 0 Å². The maximum atomic E-state index is 13.4. The Kier molecular flexibility index (Phi) is 5.83. The first kappa shape index (κ1) is 22.7. The van der Waals surface area contributed by atoms with Crippen molar-refractivity contribution in [3.63, 3.8) is 0 Å². The number of anilines is 1. The van der Waals surface area contributed by atoms with Gasteiger partial charge in [-0.05, 0) is 61.9 Å². The summed E-state index contributed by atoms with van der Waals surface area (Å²) in [7, 11) is 0. The predicted octanol–water partition coefficient (Wildman–Crippen LogP) is 6.15. The topological polar surface area (TPSA) is 82.6 Å². The van der Waals surface area contributed by atoms with Gasteiger partial charge in [0.05, 0.1) is 18.2 Å². The van der Waals surface area contributed by atoms with Crippen LogP contribution in [0.5, 0.6) is 5.75 Å². The number of nitrogens with one attached hydrogen (secondary N) is 1. The molecule has 6 nitrogen and oxygen atoms in total. The van der Waals surface area contributed by atoms with E-state index in [9.17, 15) is 14.7 Å². The van der Waals surface area contributed by atoms with Crippen LogP contribution in [0.4, 0.5) is 5.69 Å². The molecule has 1 unspecified atom stereocenters. The van der Waals surface area contributed by atoms with Gasteiger partial charge in [0.2, 0.25) is 0 Å². The zero-order valence-electron chi connectivity index (χ0n) is 19.2. The molecule has 1 aromatic heterocycles. The average Bonchev–Trinajstić information content (AvgIpc) is 3.40. The minimum Gasteiger partial charge on any atom is -0.507 e. The summed E-state index contributed by atoms with van der Waals surface area (Å²) < 4.78 is 5.48. The first-order chi connectivity index (χ1) is 16.9. The van der Waals surface area contributed by atoms with Crippen molar-refractivity contribution in [1.29, 1.82) is 0 Å². The lowest BCUT2D eigenvalue weighted by atomic mass is 9.94. The number of aryl methyl sites for hydroxylation is 1. The number of aromatic amines is 1. The van der Waals surface area contributed by atoms with E-state index in [0.29, 0.717) is 34.2 Å². The van der Waals surface area contributed by atoms with Gasteiger partial charge >= 0.3 is 0 Å². The van der Waals surface area contributed by atoms with Gasteiger partial charge in [-0.3, -0.25) is 14.5 Å². The SMILES string of the molecule is CCOc1ccc(/C(O)=C2\C(=O)C(=O)N(c3ccc(C)c(Cl)c3)C2c2c[nH]c3ccccc23)cc1. The van der Waals surface area contributed by atoms with Crippen molar-refractivity contribution >= 4 is 45.6 Å². The molecular formula is C28H23ClN2O4. The molecule has 1 saturated heterocycles. The van der Waals surface area contributed by atoms with Crippen LogP contribution in [-0.2, 0) is 9.59 Å². The number of aliphatic hydroxyl groups excluding tert-OH is 1. The van der Waals surface area contributed by atoms with E-state index in [4.69, 9.17) is 16.3 Å². The Labute approximate surface area is 207 Å². The fourth-order valence-corrected chi connectivity index (χ4v) is 4.65. The molecule has 1 fully saturated rings. The maximum Gasteiger partial charge on any atom is 0.300 e. The molecule has 1 atom stereocenters. The van der Waals surface area contributed by atoms with Gasteiger partial charge in [-0.2, -0.15) is 0 Å². The second-order valence-corrected chi connectivity index (χ2v) is 8.76. The molecule has 35 heavy (non-hydrogen) atoms. The number of aromatic nitrogens is 1. The van der Waals surface area contributed by atoms with Crippen molar-refractivity contribution in [1.82, 2.24) is 4.98 Å². The van der Waals surface area contributed by atoms with Gasteiger partial charge < -0.3 is 14.8 Å². The van der Waals surface area contributed by atoms with Crippen molar-refractivity contribution in [2.24, 2.45) is 0 Å². The lowest BCUT2D eigenvalue weighted by molar-refractivity contribution is -0.132. The van der Waals surface area contributed by atoms with E-state index in [1.165, 1.54) is 4.90 Å². The molecule has 0 radical (unpaired) electrons. The van der Waals surface area contributed by atoms with Crippen LogP contribution in [0.15, 0.2) is 78.5 Å². The number of ether oxygens (including phenoxy) is 1. The smallest absolute Gasteiger partial charge is 0.300 e. The van der Waals surface area contributed by atoms with E-state index in [1.807, 2.05) is 38.1 Å². The Bertz CT molecular complexity index is 1490. The van der Waals surface area contributed by atoms with Crippen LogP contribution in [0, 0.1) is 6.92 Å². The zero-order chi connectivity index (χ0) is 24.7. The van der Waals surface area contributed by atoms with E-state index in [-0.39, 0.29) is 11.3 Å². The minimum absolute atomic E-state index is 0.0145. The molecule has 7 heteroatoms. The summed E-state index contributed by atoms with van der Waals surface area (Å²) in [5, 5.41) is 12.7. The summed E-state index contributed by atoms with van der Waals surface area (Å²) in [4.78, 5) is 31.4. The molecule has 176 valence electrons. The van der Waals surface area contributed by atoms with E-state index in [2.05, 4.69) is 4.98 Å². The minimum atomic E-state index is -0.850. The molecule has 2 heterocycles. The van der Waals surface area contributed by atoms with Gasteiger partial charge in [-0.25, -0.2) is 0 Å². The molecule has 0 aliphatic carbocycles. The number of H-pyrrole nitrogens is 1. The van der Waals surface area contributed by atoms with Gasteiger partial charge in [0, 0.05) is 38.9 Å². The molecule has 0 bridgehead atoms. The Morgan fingerprint density at radius 3 is 2.54 bits per heavy atom. The summed E-state index contributed by atoms with van der Waals surface area (Å²) in [6.07, 6.45) is 1.77. The second-order valence-electron chi connectivity index (χ2n) is 8.35. The molecular weight excluding hydrogens is 464 g/mol. The lowest BCUT2D eigenvalue weighted by Gasteiger charge is -2.25. The predicted molar refractivity (Wildman–Crippen MR) is 137 cm³/mol. The summed E-state index contributed by atoms with van der Waals surface area (Å²) in [6.45, 7) is 4.26. The number of fused-ring (bicyclic) bond motifs is 1.